The fraction of sp³-hybridized carbons (Fsp3) is 0.462. The molecule has 0 aromatic carbocycles. The molecule has 1 heterocycles. The zero-order chi connectivity index (χ0) is 12.2. The fourth-order valence-corrected chi connectivity index (χ4v) is 1.37. The summed E-state index contributed by atoms with van der Waals surface area (Å²) in [5, 5.41) is 9.10. The van der Waals surface area contributed by atoms with E-state index in [0.29, 0.717) is 5.69 Å². The molecule has 1 rings (SSSR count). The lowest BCUT2D eigenvalue weighted by molar-refractivity contribution is -0.127. The third-order valence-electron chi connectivity index (χ3n) is 2.93. The first-order valence-corrected chi connectivity index (χ1v) is 5.37. The van der Waals surface area contributed by atoms with Crippen LogP contribution < -0.4 is 0 Å². The molecule has 1 atom stereocenters. The number of nitriles is 1. The summed E-state index contributed by atoms with van der Waals surface area (Å²) in [5.74, 6) is -0.813. The van der Waals surface area contributed by atoms with Crippen LogP contribution in [0.4, 0.5) is 0 Å². The molecule has 3 nitrogen and oxygen atoms in total. The molecule has 0 spiro atoms. The largest absolute Gasteiger partial charge is 0.297 e. The lowest BCUT2D eigenvalue weighted by Crippen LogP contribution is -2.29. The van der Waals surface area contributed by atoms with E-state index in [9.17, 15) is 4.79 Å². The van der Waals surface area contributed by atoms with Crippen LogP contribution in [0.25, 0.3) is 0 Å². The highest BCUT2D eigenvalue weighted by Crippen LogP contribution is 2.29. The van der Waals surface area contributed by atoms with Gasteiger partial charge in [0.2, 0.25) is 0 Å². The summed E-state index contributed by atoms with van der Waals surface area (Å²) in [6.07, 6.45) is 2.32. The van der Waals surface area contributed by atoms with Gasteiger partial charge in [0.05, 0.1) is 11.8 Å². The summed E-state index contributed by atoms with van der Waals surface area (Å²) in [6.45, 7) is 5.68. The van der Waals surface area contributed by atoms with Gasteiger partial charge in [-0.2, -0.15) is 5.26 Å². The molecule has 84 valence electrons. The number of nitrogens with zero attached hydrogens (tertiary/aromatic N) is 2. The number of pyridine rings is 1. The fourth-order valence-electron chi connectivity index (χ4n) is 1.37. The minimum atomic E-state index is -0.754. The second-order valence-corrected chi connectivity index (χ2v) is 4.42. The molecule has 0 fully saturated rings. The zero-order valence-corrected chi connectivity index (χ0v) is 9.90. The SMILES string of the molecule is CCC(C)(C)C(=O)C(C#N)c1ccccn1. The van der Waals surface area contributed by atoms with E-state index in [1.165, 1.54) is 0 Å². The van der Waals surface area contributed by atoms with Crippen LogP contribution in [0.15, 0.2) is 24.4 Å². The molecular formula is C13H16N2O. The van der Waals surface area contributed by atoms with Crippen LogP contribution in [0, 0.1) is 16.7 Å². The van der Waals surface area contributed by atoms with Crippen LogP contribution >= 0.6 is 0 Å². The van der Waals surface area contributed by atoms with Gasteiger partial charge in [0, 0.05) is 11.6 Å². The summed E-state index contributed by atoms with van der Waals surface area (Å²) >= 11 is 0. The molecule has 3 heteroatoms. The van der Waals surface area contributed by atoms with Crippen molar-refractivity contribution in [3.63, 3.8) is 0 Å². The number of hydrogen-bond acceptors (Lipinski definition) is 3. The molecule has 0 N–H and O–H groups in total. The van der Waals surface area contributed by atoms with E-state index in [2.05, 4.69) is 4.98 Å². The number of ketones is 1. The smallest absolute Gasteiger partial charge is 0.161 e. The topological polar surface area (TPSA) is 53.8 Å². The van der Waals surface area contributed by atoms with Crippen molar-refractivity contribution in [2.24, 2.45) is 5.41 Å². The minimum absolute atomic E-state index is 0.0591. The molecule has 0 amide bonds. The maximum atomic E-state index is 12.2. The Kier molecular flexibility index (Phi) is 3.78. The highest BCUT2D eigenvalue weighted by Gasteiger charge is 2.33. The van der Waals surface area contributed by atoms with Crippen molar-refractivity contribution in [3.05, 3.63) is 30.1 Å². The molecule has 1 unspecified atom stereocenters. The number of carbonyl (C=O) groups is 1. The predicted octanol–water partition coefficient (Wildman–Crippen LogP) is 2.69. The standard InChI is InChI=1S/C13H16N2O/c1-4-13(2,3)12(16)10(9-14)11-7-5-6-8-15-11/h5-8,10H,4H2,1-3H3. The van der Waals surface area contributed by atoms with Gasteiger partial charge in [-0.1, -0.05) is 26.8 Å². The number of aromatic nitrogens is 1. The Hall–Kier alpha value is -1.69. The van der Waals surface area contributed by atoms with Gasteiger partial charge >= 0.3 is 0 Å². The van der Waals surface area contributed by atoms with Crippen molar-refractivity contribution in [1.29, 1.82) is 5.26 Å². The molecule has 0 bridgehead atoms. The van der Waals surface area contributed by atoms with Crippen molar-refractivity contribution in [2.75, 3.05) is 0 Å². The normalized spacial score (nSPS) is 12.9. The summed E-state index contributed by atoms with van der Waals surface area (Å²) in [6, 6.07) is 7.33. The van der Waals surface area contributed by atoms with Gasteiger partial charge in [0.25, 0.3) is 0 Å². The Balaban J connectivity index is 3.03. The van der Waals surface area contributed by atoms with Crippen LogP contribution in [0.2, 0.25) is 0 Å². The summed E-state index contributed by atoms with van der Waals surface area (Å²) in [5.41, 5.74) is 0.0642. The number of hydrogen-bond donors (Lipinski definition) is 0. The zero-order valence-electron chi connectivity index (χ0n) is 9.90. The van der Waals surface area contributed by atoms with Gasteiger partial charge in [0.15, 0.2) is 5.78 Å². The first-order chi connectivity index (χ1) is 7.53. The quantitative estimate of drug-likeness (QED) is 0.777. The van der Waals surface area contributed by atoms with Crippen LogP contribution in [0.3, 0.4) is 0 Å². The van der Waals surface area contributed by atoms with E-state index in [4.69, 9.17) is 5.26 Å². The maximum Gasteiger partial charge on any atom is 0.161 e. The van der Waals surface area contributed by atoms with Crippen LogP contribution in [-0.4, -0.2) is 10.8 Å². The van der Waals surface area contributed by atoms with Gasteiger partial charge < -0.3 is 0 Å². The van der Waals surface area contributed by atoms with E-state index >= 15 is 0 Å². The molecule has 0 saturated carbocycles. The van der Waals surface area contributed by atoms with Crippen LogP contribution in [-0.2, 0) is 4.79 Å². The second-order valence-electron chi connectivity index (χ2n) is 4.42. The maximum absolute atomic E-state index is 12.2. The summed E-state index contributed by atoms with van der Waals surface area (Å²) in [7, 11) is 0. The lowest BCUT2D eigenvalue weighted by Gasteiger charge is -2.23. The molecule has 0 aliphatic rings. The van der Waals surface area contributed by atoms with Crippen molar-refractivity contribution in [2.45, 2.75) is 33.1 Å². The van der Waals surface area contributed by atoms with E-state index in [1.54, 1.807) is 24.4 Å². The molecule has 0 aliphatic heterocycles. The van der Waals surface area contributed by atoms with Crippen LogP contribution in [0.1, 0.15) is 38.8 Å². The number of rotatable bonds is 4. The lowest BCUT2D eigenvalue weighted by atomic mass is 9.78. The van der Waals surface area contributed by atoms with Crippen molar-refractivity contribution >= 4 is 5.78 Å². The highest BCUT2D eigenvalue weighted by molar-refractivity contribution is 5.92. The summed E-state index contributed by atoms with van der Waals surface area (Å²) < 4.78 is 0. The Morgan fingerprint density at radius 3 is 2.69 bits per heavy atom. The van der Waals surface area contributed by atoms with Crippen molar-refractivity contribution < 1.29 is 4.79 Å². The third kappa shape index (κ3) is 2.46. The van der Waals surface area contributed by atoms with Gasteiger partial charge in [-0.15, -0.1) is 0 Å². The van der Waals surface area contributed by atoms with Gasteiger partial charge in [-0.3, -0.25) is 9.78 Å². The van der Waals surface area contributed by atoms with Crippen LogP contribution in [0.5, 0.6) is 0 Å². The van der Waals surface area contributed by atoms with E-state index < -0.39 is 11.3 Å². The van der Waals surface area contributed by atoms with E-state index in [-0.39, 0.29) is 5.78 Å². The monoisotopic (exact) mass is 216 g/mol. The molecule has 0 aliphatic carbocycles. The Morgan fingerprint density at radius 2 is 2.25 bits per heavy atom. The molecule has 1 aromatic rings. The first-order valence-electron chi connectivity index (χ1n) is 5.37. The molecule has 16 heavy (non-hydrogen) atoms. The predicted molar refractivity (Wildman–Crippen MR) is 61.7 cm³/mol. The van der Waals surface area contributed by atoms with E-state index in [1.807, 2.05) is 26.8 Å². The average molecular weight is 216 g/mol. The Morgan fingerprint density at radius 1 is 1.56 bits per heavy atom. The first kappa shape index (κ1) is 12.4. The third-order valence-corrected chi connectivity index (χ3v) is 2.93. The molecular weight excluding hydrogens is 200 g/mol. The minimum Gasteiger partial charge on any atom is -0.297 e. The molecule has 0 radical (unpaired) electrons. The summed E-state index contributed by atoms with van der Waals surface area (Å²) in [4.78, 5) is 16.2. The molecule has 1 aromatic heterocycles. The van der Waals surface area contributed by atoms with Gasteiger partial charge in [-0.05, 0) is 18.6 Å². The molecule has 0 saturated heterocycles. The number of Topliss-reactive ketones (excluding diaryl/α,β-unsaturated/α-hetero) is 1. The highest BCUT2D eigenvalue weighted by atomic mass is 16.1. The van der Waals surface area contributed by atoms with Gasteiger partial charge in [0.1, 0.15) is 5.92 Å². The van der Waals surface area contributed by atoms with E-state index in [0.717, 1.165) is 6.42 Å². The average Bonchev–Trinajstić information content (AvgIpc) is 2.31. The Bertz CT molecular complexity index is 404. The second kappa shape index (κ2) is 4.89. The Labute approximate surface area is 96.1 Å². The van der Waals surface area contributed by atoms with Gasteiger partial charge in [-0.25, -0.2) is 0 Å². The van der Waals surface area contributed by atoms with Crippen molar-refractivity contribution in [1.82, 2.24) is 4.98 Å². The van der Waals surface area contributed by atoms with Crippen molar-refractivity contribution in [3.8, 4) is 6.07 Å². The number of carbonyl (C=O) groups excluding carboxylic acids is 1.